The molecule has 0 aliphatic carbocycles. The van der Waals surface area contributed by atoms with Crippen LogP contribution in [0.3, 0.4) is 0 Å². The molecule has 26 heavy (non-hydrogen) atoms. The molecule has 7 heteroatoms. The van der Waals surface area contributed by atoms with Crippen LogP contribution in [0.4, 0.5) is 11.4 Å². The molecular formula is C19H21Cl2N3O2. The van der Waals surface area contributed by atoms with E-state index in [0.717, 1.165) is 44.1 Å². The van der Waals surface area contributed by atoms with Crippen LogP contribution in [0.25, 0.3) is 0 Å². The summed E-state index contributed by atoms with van der Waals surface area (Å²) in [6.45, 7) is 4.33. The maximum absolute atomic E-state index is 12.2. The van der Waals surface area contributed by atoms with Gasteiger partial charge in [-0.1, -0.05) is 47.5 Å². The lowest BCUT2D eigenvalue weighted by atomic mass is 10.1. The molecule has 0 spiro atoms. The number of nitrogens with one attached hydrogen (secondary N) is 2. The van der Waals surface area contributed by atoms with E-state index in [9.17, 15) is 4.79 Å². The number of carbonyl (C=O) groups excluding carboxylic acids is 1. The molecule has 0 unspecified atom stereocenters. The smallest absolute Gasteiger partial charge is 0.243 e. The quantitative estimate of drug-likeness (QED) is 0.781. The molecule has 2 aromatic rings. The number of hydrogen-bond acceptors (Lipinski definition) is 4. The van der Waals surface area contributed by atoms with Gasteiger partial charge in [0, 0.05) is 25.3 Å². The second kappa shape index (κ2) is 9.24. The molecule has 1 heterocycles. The predicted molar refractivity (Wildman–Crippen MR) is 106 cm³/mol. The van der Waals surface area contributed by atoms with E-state index in [1.165, 1.54) is 0 Å². The van der Waals surface area contributed by atoms with Gasteiger partial charge in [-0.05, 0) is 23.8 Å². The monoisotopic (exact) mass is 393 g/mol. The van der Waals surface area contributed by atoms with Crippen molar-refractivity contribution in [2.24, 2.45) is 0 Å². The van der Waals surface area contributed by atoms with E-state index < -0.39 is 0 Å². The molecule has 1 saturated heterocycles. The van der Waals surface area contributed by atoms with E-state index in [2.05, 4.69) is 21.6 Å². The summed E-state index contributed by atoms with van der Waals surface area (Å²) in [5.41, 5.74) is 2.61. The van der Waals surface area contributed by atoms with Crippen molar-refractivity contribution < 1.29 is 9.53 Å². The molecule has 0 saturated carbocycles. The molecule has 0 bridgehead atoms. The topological polar surface area (TPSA) is 53.6 Å². The van der Waals surface area contributed by atoms with Crippen molar-refractivity contribution in [3.8, 4) is 0 Å². The predicted octanol–water partition coefficient (Wildman–Crippen LogP) is 3.88. The lowest BCUT2D eigenvalue weighted by molar-refractivity contribution is -0.114. The summed E-state index contributed by atoms with van der Waals surface area (Å²) < 4.78 is 5.39. The van der Waals surface area contributed by atoms with Crippen molar-refractivity contribution in [3.05, 3.63) is 58.1 Å². The maximum Gasteiger partial charge on any atom is 0.243 e. The van der Waals surface area contributed by atoms with E-state index in [1.807, 2.05) is 18.2 Å². The first-order chi connectivity index (χ1) is 12.6. The van der Waals surface area contributed by atoms with Gasteiger partial charge in [0.05, 0.1) is 35.5 Å². The molecule has 0 atom stereocenters. The Bertz CT molecular complexity index is 764. The third kappa shape index (κ3) is 5.11. The minimum Gasteiger partial charge on any atom is -0.379 e. The van der Waals surface area contributed by atoms with Gasteiger partial charge in [0.1, 0.15) is 0 Å². The third-order valence-electron chi connectivity index (χ3n) is 4.18. The van der Waals surface area contributed by atoms with Crippen LogP contribution in [-0.2, 0) is 16.1 Å². The first-order valence-electron chi connectivity index (χ1n) is 8.49. The fraction of sp³-hybridized carbons (Fsp3) is 0.316. The molecule has 5 nitrogen and oxygen atoms in total. The van der Waals surface area contributed by atoms with Gasteiger partial charge < -0.3 is 15.4 Å². The van der Waals surface area contributed by atoms with Gasteiger partial charge in [-0.15, -0.1) is 0 Å². The first kappa shape index (κ1) is 19.0. The zero-order valence-corrected chi connectivity index (χ0v) is 15.8. The fourth-order valence-corrected chi connectivity index (χ4v) is 3.15. The highest BCUT2D eigenvalue weighted by Crippen LogP contribution is 2.29. The number of amides is 1. The number of hydrogen-bond donors (Lipinski definition) is 2. The van der Waals surface area contributed by atoms with Gasteiger partial charge in [0.25, 0.3) is 0 Å². The van der Waals surface area contributed by atoms with Crippen molar-refractivity contribution >= 4 is 40.5 Å². The largest absolute Gasteiger partial charge is 0.379 e. The minimum atomic E-state index is -0.185. The van der Waals surface area contributed by atoms with Gasteiger partial charge in [0.15, 0.2) is 0 Å². The zero-order chi connectivity index (χ0) is 18.4. The van der Waals surface area contributed by atoms with E-state index in [0.29, 0.717) is 15.7 Å². The number of halogens is 2. The van der Waals surface area contributed by atoms with Crippen LogP contribution in [0.1, 0.15) is 5.56 Å². The summed E-state index contributed by atoms with van der Waals surface area (Å²) in [5, 5.41) is 6.74. The zero-order valence-electron chi connectivity index (χ0n) is 14.3. The Morgan fingerprint density at radius 3 is 2.58 bits per heavy atom. The summed E-state index contributed by atoms with van der Waals surface area (Å²) in [4.78, 5) is 14.6. The van der Waals surface area contributed by atoms with Crippen molar-refractivity contribution in [1.82, 2.24) is 4.90 Å². The van der Waals surface area contributed by atoms with E-state index in [-0.39, 0.29) is 12.5 Å². The second-order valence-electron chi connectivity index (χ2n) is 6.05. The molecule has 2 N–H and O–H groups in total. The summed E-state index contributed by atoms with van der Waals surface area (Å²) in [7, 11) is 0. The highest BCUT2D eigenvalue weighted by molar-refractivity contribution is 6.44. The van der Waals surface area contributed by atoms with Crippen LogP contribution in [0.5, 0.6) is 0 Å². The van der Waals surface area contributed by atoms with Crippen LogP contribution < -0.4 is 10.6 Å². The van der Waals surface area contributed by atoms with Crippen LogP contribution in [-0.4, -0.2) is 43.7 Å². The Morgan fingerprint density at radius 2 is 1.77 bits per heavy atom. The molecule has 1 aliphatic heterocycles. The minimum absolute atomic E-state index is 0.142. The van der Waals surface area contributed by atoms with Crippen molar-refractivity contribution in [2.45, 2.75) is 6.54 Å². The molecule has 138 valence electrons. The Hall–Kier alpha value is -1.79. The van der Waals surface area contributed by atoms with E-state index >= 15 is 0 Å². The van der Waals surface area contributed by atoms with Gasteiger partial charge in [-0.2, -0.15) is 0 Å². The SMILES string of the molecule is O=C(CNc1ccccc1CN1CCOCC1)Nc1cccc(Cl)c1Cl. The lowest BCUT2D eigenvalue weighted by Crippen LogP contribution is -2.35. The average Bonchev–Trinajstić information content (AvgIpc) is 2.66. The van der Waals surface area contributed by atoms with E-state index in [1.54, 1.807) is 18.2 Å². The van der Waals surface area contributed by atoms with Crippen molar-refractivity contribution in [3.63, 3.8) is 0 Å². The molecule has 1 amide bonds. The van der Waals surface area contributed by atoms with Crippen LogP contribution in [0.2, 0.25) is 10.0 Å². The number of nitrogens with zero attached hydrogens (tertiary/aromatic N) is 1. The van der Waals surface area contributed by atoms with Gasteiger partial charge in [-0.3, -0.25) is 9.69 Å². The van der Waals surface area contributed by atoms with Crippen LogP contribution >= 0.6 is 23.2 Å². The number of rotatable bonds is 6. The molecular weight excluding hydrogens is 373 g/mol. The highest BCUT2D eigenvalue weighted by atomic mass is 35.5. The molecule has 0 aromatic heterocycles. The number of anilines is 2. The molecule has 1 aliphatic rings. The van der Waals surface area contributed by atoms with Crippen LogP contribution in [0, 0.1) is 0 Å². The van der Waals surface area contributed by atoms with Gasteiger partial charge in [-0.25, -0.2) is 0 Å². The molecule has 2 aromatic carbocycles. The average molecular weight is 394 g/mol. The number of para-hydroxylation sites is 1. The summed E-state index contributed by atoms with van der Waals surface area (Å²) in [6, 6.07) is 13.2. The van der Waals surface area contributed by atoms with Crippen LogP contribution in [0.15, 0.2) is 42.5 Å². The summed E-state index contributed by atoms with van der Waals surface area (Å²) in [6.07, 6.45) is 0. The fourth-order valence-electron chi connectivity index (χ4n) is 2.80. The molecule has 3 rings (SSSR count). The first-order valence-corrected chi connectivity index (χ1v) is 9.25. The van der Waals surface area contributed by atoms with Gasteiger partial charge >= 0.3 is 0 Å². The third-order valence-corrected chi connectivity index (χ3v) is 5.00. The number of benzene rings is 2. The normalized spacial score (nSPS) is 14.8. The molecule has 1 fully saturated rings. The number of ether oxygens (including phenoxy) is 1. The van der Waals surface area contributed by atoms with Crippen molar-refractivity contribution in [1.29, 1.82) is 0 Å². The summed E-state index contributed by atoms with van der Waals surface area (Å²) >= 11 is 12.1. The maximum atomic E-state index is 12.2. The standard InChI is InChI=1S/C19H21Cl2N3O2/c20-15-5-3-7-17(19(15)21)23-18(25)12-22-16-6-2-1-4-14(16)13-24-8-10-26-11-9-24/h1-7,22H,8-13H2,(H,23,25). The Balaban J connectivity index is 1.58. The Labute approximate surface area is 163 Å². The van der Waals surface area contributed by atoms with E-state index in [4.69, 9.17) is 27.9 Å². The second-order valence-corrected chi connectivity index (χ2v) is 6.83. The Morgan fingerprint density at radius 1 is 1.04 bits per heavy atom. The van der Waals surface area contributed by atoms with Crippen molar-refractivity contribution in [2.75, 3.05) is 43.5 Å². The van der Waals surface area contributed by atoms with Gasteiger partial charge in [0.2, 0.25) is 5.91 Å². The lowest BCUT2D eigenvalue weighted by Gasteiger charge is -2.27. The number of carbonyl (C=O) groups is 1. The molecule has 0 radical (unpaired) electrons. The highest BCUT2D eigenvalue weighted by Gasteiger charge is 2.13. The summed E-state index contributed by atoms with van der Waals surface area (Å²) in [5.74, 6) is -0.185. The number of morpholine rings is 1. The Kier molecular flexibility index (Phi) is 6.74.